The second-order valence-corrected chi connectivity index (χ2v) is 3.76. The maximum atomic E-state index is 11.9. The van der Waals surface area contributed by atoms with Crippen molar-refractivity contribution in [2.45, 2.75) is 25.3 Å². The average molecular weight is 224 g/mol. The van der Waals surface area contributed by atoms with Gasteiger partial charge in [0.15, 0.2) is 0 Å². The summed E-state index contributed by atoms with van der Waals surface area (Å²) in [4.78, 5) is 24.3. The van der Waals surface area contributed by atoms with Gasteiger partial charge in [0.1, 0.15) is 12.3 Å². The molecular weight excluding hydrogens is 212 g/mol. The molecule has 86 valence electrons. The normalized spacial score (nSPS) is 20.8. The number of piperidine rings is 1. The number of nitrogens with zero attached hydrogens (tertiary/aromatic N) is 2. The van der Waals surface area contributed by atoms with Crippen molar-refractivity contribution in [1.29, 1.82) is 0 Å². The number of amides is 1. The molecule has 6 nitrogen and oxygen atoms in total. The van der Waals surface area contributed by atoms with E-state index in [1.807, 2.05) is 0 Å². The quantitative estimate of drug-likeness (QED) is 0.801. The third-order valence-corrected chi connectivity index (χ3v) is 2.73. The number of likely N-dealkylation sites (tertiary alicyclic amines) is 1. The van der Waals surface area contributed by atoms with Gasteiger partial charge in [-0.25, -0.2) is 4.79 Å². The van der Waals surface area contributed by atoms with E-state index in [1.54, 1.807) is 0 Å². The topological polar surface area (TPSA) is 83.6 Å². The van der Waals surface area contributed by atoms with Crippen LogP contribution in [-0.4, -0.2) is 39.6 Å². The van der Waals surface area contributed by atoms with Crippen molar-refractivity contribution in [2.75, 3.05) is 6.54 Å². The summed E-state index contributed by atoms with van der Waals surface area (Å²) in [6, 6.07) is -0.726. The second kappa shape index (κ2) is 4.34. The highest BCUT2D eigenvalue weighted by molar-refractivity contribution is 5.96. The van der Waals surface area contributed by atoms with Crippen molar-refractivity contribution in [1.82, 2.24) is 10.1 Å². The number of carbonyl (C=O) groups is 2. The number of rotatable bonds is 2. The number of carboxylic acids is 1. The van der Waals surface area contributed by atoms with Gasteiger partial charge in [-0.15, -0.1) is 0 Å². The van der Waals surface area contributed by atoms with E-state index < -0.39 is 12.0 Å². The summed E-state index contributed by atoms with van der Waals surface area (Å²) in [6.45, 7) is 0.473. The first-order chi connectivity index (χ1) is 7.70. The lowest BCUT2D eigenvalue weighted by Gasteiger charge is -2.32. The number of aliphatic carboxylic acids is 1. The number of carbonyl (C=O) groups excluding carboxylic acids is 1. The highest BCUT2D eigenvalue weighted by Gasteiger charge is 2.32. The summed E-state index contributed by atoms with van der Waals surface area (Å²) in [5.41, 5.74) is 0.299. The van der Waals surface area contributed by atoms with Crippen LogP contribution in [0.2, 0.25) is 0 Å². The Labute approximate surface area is 91.8 Å². The monoisotopic (exact) mass is 224 g/mol. The molecule has 0 aromatic carbocycles. The summed E-state index contributed by atoms with van der Waals surface area (Å²) in [5, 5.41) is 12.5. The van der Waals surface area contributed by atoms with Gasteiger partial charge in [-0.2, -0.15) is 0 Å². The van der Waals surface area contributed by atoms with Crippen LogP contribution in [0, 0.1) is 0 Å². The number of carboxylic acid groups (broad SMARTS) is 1. The van der Waals surface area contributed by atoms with E-state index >= 15 is 0 Å². The van der Waals surface area contributed by atoms with E-state index in [1.165, 1.54) is 17.4 Å². The lowest BCUT2D eigenvalue weighted by Crippen LogP contribution is -2.47. The Balaban J connectivity index is 2.17. The van der Waals surface area contributed by atoms with Gasteiger partial charge in [-0.05, 0) is 19.3 Å². The molecule has 1 fully saturated rings. The van der Waals surface area contributed by atoms with Crippen molar-refractivity contribution in [3.8, 4) is 0 Å². The molecule has 1 amide bonds. The molecule has 6 heteroatoms. The van der Waals surface area contributed by atoms with Crippen molar-refractivity contribution >= 4 is 11.9 Å². The van der Waals surface area contributed by atoms with Gasteiger partial charge in [0.25, 0.3) is 5.91 Å². The molecule has 0 saturated carbocycles. The van der Waals surface area contributed by atoms with E-state index in [2.05, 4.69) is 9.68 Å². The van der Waals surface area contributed by atoms with Crippen molar-refractivity contribution in [2.24, 2.45) is 0 Å². The zero-order valence-electron chi connectivity index (χ0n) is 8.63. The van der Waals surface area contributed by atoms with Crippen molar-refractivity contribution in [3.05, 3.63) is 18.0 Å². The summed E-state index contributed by atoms with van der Waals surface area (Å²) in [7, 11) is 0. The Morgan fingerprint density at radius 3 is 2.94 bits per heavy atom. The second-order valence-electron chi connectivity index (χ2n) is 3.76. The van der Waals surface area contributed by atoms with Crippen LogP contribution in [0.5, 0.6) is 0 Å². The summed E-state index contributed by atoms with van der Waals surface area (Å²) in [6.07, 6.45) is 4.71. The lowest BCUT2D eigenvalue weighted by atomic mass is 10.0. The molecule has 1 aromatic heterocycles. The largest absolute Gasteiger partial charge is 0.480 e. The van der Waals surface area contributed by atoms with Crippen LogP contribution in [0.3, 0.4) is 0 Å². The first kappa shape index (κ1) is 10.7. The van der Waals surface area contributed by atoms with Crippen LogP contribution >= 0.6 is 0 Å². The molecule has 0 radical (unpaired) electrons. The fourth-order valence-corrected chi connectivity index (χ4v) is 1.91. The smallest absolute Gasteiger partial charge is 0.326 e. The van der Waals surface area contributed by atoms with Crippen molar-refractivity contribution in [3.63, 3.8) is 0 Å². The zero-order valence-corrected chi connectivity index (χ0v) is 8.63. The van der Waals surface area contributed by atoms with Crippen LogP contribution in [0.15, 0.2) is 17.0 Å². The molecule has 1 aliphatic rings. The average Bonchev–Trinajstić information content (AvgIpc) is 2.81. The SMILES string of the molecule is O=C(O)C1CCCCN1C(=O)c1cnoc1. The third kappa shape index (κ3) is 1.91. The van der Waals surface area contributed by atoms with Crippen LogP contribution < -0.4 is 0 Å². The fraction of sp³-hybridized carbons (Fsp3) is 0.500. The maximum absolute atomic E-state index is 11.9. The van der Waals surface area contributed by atoms with Gasteiger partial charge in [0.05, 0.1) is 11.8 Å². The van der Waals surface area contributed by atoms with Gasteiger partial charge in [0, 0.05) is 6.54 Å². The van der Waals surface area contributed by atoms with E-state index in [4.69, 9.17) is 5.11 Å². The first-order valence-electron chi connectivity index (χ1n) is 5.13. The molecule has 1 atom stereocenters. The Bertz CT molecular complexity index is 388. The lowest BCUT2D eigenvalue weighted by molar-refractivity contribution is -0.143. The predicted octanol–water partition coefficient (Wildman–Crippen LogP) is 0.754. The molecule has 2 heterocycles. The van der Waals surface area contributed by atoms with Gasteiger partial charge < -0.3 is 14.5 Å². The summed E-state index contributed by atoms with van der Waals surface area (Å²) < 4.78 is 4.58. The molecule has 1 saturated heterocycles. The number of aromatic nitrogens is 1. The van der Waals surface area contributed by atoms with Gasteiger partial charge in [-0.3, -0.25) is 4.79 Å². The van der Waals surface area contributed by atoms with Crippen LogP contribution in [-0.2, 0) is 4.79 Å². The molecule has 0 bridgehead atoms. The van der Waals surface area contributed by atoms with Gasteiger partial charge in [-0.1, -0.05) is 5.16 Å². The zero-order chi connectivity index (χ0) is 11.5. The number of hydrogen-bond acceptors (Lipinski definition) is 4. The van der Waals surface area contributed by atoms with E-state index in [0.717, 1.165) is 12.8 Å². The van der Waals surface area contributed by atoms with Gasteiger partial charge in [0.2, 0.25) is 0 Å². The Kier molecular flexibility index (Phi) is 2.89. The standard InChI is InChI=1S/C10H12N2O4/c13-9(7-5-11-16-6-7)12-4-2-1-3-8(12)10(14)15/h5-6,8H,1-4H2,(H,14,15). The molecule has 1 unspecified atom stereocenters. The molecule has 16 heavy (non-hydrogen) atoms. The minimum absolute atomic E-state index is 0.299. The van der Waals surface area contributed by atoms with E-state index in [0.29, 0.717) is 18.5 Å². The molecule has 1 N–H and O–H groups in total. The molecule has 0 spiro atoms. The third-order valence-electron chi connectivity index (χ3n) is 2.73. The summed E-state index contributed by atoms with van der Waals surface area (Å²) in [5.74, 6) is -1.28. The Morgan fingerprint density at radius 1 is 1.50 bits per heavy atom. The molecule has 1 aliphatic heterocycles. The van der Waals surface area contributed by atoms with E-state index in [9.17, 15) is 9.59 Å². The van der Waals surface area contributed by atoms with Gasteiger partial charge >= 0.3 is 5.97 Å². The number of hydrogen-bond donors (Lipinski definition) is 1. The Hall–Kier alpha value is -1.85. The predicted molar refractivity (Wildman–Crippen MR) is 52.8 cm³/mol. The van der Waals surface area contributed by atoms with E-state index in [-0.39, 0.29) is 5.91 Å². The van der Waals surface area contributed by atoms with Crippen molar-refractivity contribution < 1.29 is 19.2 Å². The molecule has 1 aromatic rings. The minimum Gasteiger partial charge on any atom is -0.480 e. The Morgan fingerprint density at radius 2 is 2.31 bits per heavy atom. The first-order valence-corrected chi connectivity index (χ1v) is 5.13. The summed E-state index contributed by atoms with van der Waals surface area (Å²) >= 11 is 0. The fourth-order valence-electron chi connectivity index (χ4n) is 1.91. The van der Waals surface area contributed by atoms with Crippen LogP contribution in [0.4, 0.5) is 0 Å². The highest BCUT2D eigenvalue weighted by atomic mass is 16.5. The van der Waals surface area contributed by atoms with Crippen LogP contribution in [0.25, 0.3) is 0 Å². The highest BCUT2D eigenvalue weighted by Crippen LogP contribution is 2.19. The molecule has 2 rings (SSSR count). The minimum atomic E-state index is -0.954. The maximum Gasteiger partial charge on any atom is 0.326 e. The van der Waals surface area contributed by atoms with Crippen LogP contribution in [0.1, 0.15) is 29.6 Å². The molecule has 0 aliphatic carbocycles. The molecular formula is C10H12N2O4.